The standard InChI is InChI=1S/C21H15ClF2N4O3/c22-14-5-6-19(27-10-14)28-21(30)15-9-17(24)16(23)7-13(15)8-18(29)11-1-3-12(4-2-11)20(25)31-26/h1-7,9-10,25H,8,26H2,(H,27,28,30). The lowest BCUT2D eigenvalue weighted by molar-refractivity contribution is 0.0992. The van der Waals surface area contributed by atoms with Crippen molar-refractivity contribution in [1.82, 2.24) is 4.98 Å². The van der Waals surface area contributed by atoms with Gasteiger partial charge in [-0.15, -0.1) is 0 Å². The molecule has 0 unspecified atom stereocenters. The van der Waals surface area contributed by atoms with E-state index in [1.54, 1.807) is 0 Å². The monoisotopic (exact) mass is 444 g/mol. The van der Waals surface area contributed by atoms with Crippen LogP contribution in [0, 0.1) is 17.0 Å². The van der Waals surface area contributed by atoms with Gasteiger partial charge in [0, 0.05) is 29.3 Å². The van der Waals surface area contributed by atoms with E-state index in [4.69, 9.17) is 22.9 Å². The molecule has 0 bridgehead atoms. The van der Waals surface area contributed by atoms with Gasteiger partial charge in [0.15, 0.2) is 17.4 Å². The van der Waals surface area contributed by atoms with E-state index in [2.05, 4.69) is 15.1 Å². The molecule has 0 fully saturated rings. The second-order valence-electron chi connectivity index (χ2n) is 6.36. The fourth-order valence-electron chi connectivity index (χ4n) is 2.73. The maximum absolute atomic E-state index is 13.8. The van der Waals surface area contributed by atoms with Crippen LogP contribution in [-0.4, -0.2) is 22.6 Å². The zero-order chi connectivity index (χ0) is 22.5. The summed E-state index contributed by atoms with van der Waals surface area (Å²) in [6, 6.07) is 10.2. The summed E-state index contributed by atoms with van der Waals surface area (Å²) in [5, 5.41) is 10.3. The number of pyridine rings is 1. The second kappa shape index (κ2) is 9.41. The Kier molecular flexibility index (Phi) is 6.68. The third-order valence-electron chi connectivity index (χ3n) is 4.30. The maximum atomic E-state index is 13.8. The van der Waals surface area contributed by atoms with Crippen molar-refractivity contribution in [2.75, 3.05) is 5.32 Å². The zero-order valence-electron chi connectivity index (χ0n) is 15.8. The first-order valence-corrected chi connectivity index (χ1v) is 9.16. The van der Waals surface area contributed by atoms with Gasteiger partial charge in [0.2, 0.25) is 5.90 Å². The molecule has 7 nitrogen and oxygen atoms in total. The molecule has 0 radical (unpaired) electrons. The average Bonchev–Trinajstić information content (AvgIpc) is 2.77. The topological polar surface area (TPSA) is 118 Å². The summed E-state index contributed by atoms with van der Waals surface area (Å²) in [6.07, 6.45) is 0.949. The predicted molar refractivity (Wildman–Crippen MR) is 110 cm³/mol. The first-order valence-electron chi connectivity index (χ1n) is 8.78. The van der Waals surface area contributed by atoms with Crippen LogP contribution in [0.4, 0.5) is 14.6 Å². The van der Waals surface area contributed by atoms with Gasteiger partial charge < -0.3 is 10.2 Å². The van der Waals surface area contributed by atoms with E-state index >= 15 is 0 Å². The van der Waals surface area contributed by atoms with Crippen molar-refractivity contribution < 1.29 is 23.2 Å². The van der Waals surface area contributed by atoms with Gasteiger partial charge in [-0.05, 0) is 42.0 Å². The molecule has 0 aliphatic heterocycles. The second-order valence-corrected chi connectivity index (χ2v) is 6.80. The van der Waals surface area contributed by atoms with Gasteiger partial charge in [-0.1, -0.05) is 23.7 Å². The molecule has 31 heavy (non-hydrogen) atoms. The summed E-state index contributed by atoms with van der Waals surface area (Å²) < 4.78 is 27.6. The minimum atomic E-state index is -1.23. The van der Waals surface area contributed by atoms with Crippen molar-refractivity contribution in [2.45, 2.75) is 6.42 Å². The molecule has 1 amide bonds. The Labute approximate surface area is 180 Å². The first kappa shape index (κ1) is 22.0. The molecule has 0 aliphatic carbocycles. The van der Waals surface area contributed by atoms with Crippen molar-refractivity contribution in [3.63, 3.8) is 0 Å². The lowest BCUT2D eigenvalue weighted by atomic mass is 9.97. The van der Waals surface area contributed by atoms with E-state index in [9.17, 15) is 18.4 Å². The van der Waals surface area contributed by atoms with E-state index in [1.807, 2.05) is 0 Å². The number of anilines is 1. The summed E-state index contributed by atoms with van der Waals surface area (Å²) in [4.78, 5) is 33.5. The average molecular weight is 445 g/mol. The highest BCUT2D eigenvalue weighted by molar-refractivity contribution is 6.30. The summed E-state index contributed by atoms with van der Waals surface area (Å²) in [6.45, 7) is 0. The van der Waals surface area contributed by atoms with Crippen molar-refractivity contribution in [3.8, 4) is 0 Å². The van der Waals surface area contributed by atoms with Crippen LogP contribution in [0.5, 0.6) is 0 Å². The molecule has 158 valence electrons. The third kappa shape index (κ3) is 5.27. The van der Waals surface area contributed by atoms with Gasteiger partial charge in [0.1, 0.15) is 5.82 Å². The van der Waals surface area contributed by atoms with Crippen molar-refractivity contribution in [3.05, 3.63) is 93.6 Å². The number of ketones is 1. The highest BCUT2D eigenvalue weighted by atomic mass is 35.5. The number of nitrogens with zero attached hydrogens (tertiary/aromatic N) is 1. The lowest BCUT2D eigenvalue weighted by Crippen LogP contribution is -2.18. The van der Waals surface area contributed by atoms with Crippen LogP contribution >= 0.6 is 11.6 Å². The molecule has 1 aromatic heterocycles. The summed E-state index contributed by atoms with van der Waals surface area (Å²) >= 11 is 5.75. The molecule has 0 atom stereocenters. The Morgan fingerprint density at radius 3 is 2.32 bits per heavy atom. The molecule has 4 N–H and O–H groups in total. The van der Waals surface area contributed by atoms with Crippen LogP contribution < -0.4 is 11.2 Å². The maximum Gasteiger partial charge on any atom is 0.257 e. The number of carbonyl (C=O) groups excluding carboxylic acids is 2. The van der Waals surface area contributed by atoms with E-state index in [0.717, 1.165) is 12.1 Å². The number of aromatic nitrogens is 1. The van der Waals surface area contributed by atoms with Crippen molar-refractivity contribution in [2.24, 2.45) is 5.90 Å². The van der Waals surface area contributed by atoms with Gasteiger partial charge in [0.05, 0.1) is 5.02 Å². The normalized spacial score (nSPS) is 10.5. The molecule has 3 rings (SSSR count). The Morgan fingerprint density at radius 2 is 1.71 bits per heavy atom. The molecule has 10 heteroatoms. The molecule has 0 spiro atoms. The van der Waals surface area contributed by atoms with E-state index in [1.165, 1.54) is 42.6 Å². The molecule has 2 aromatic carbocycles. The van der Waals surface area contributed by atoms with Gasteiger partial charge in [-0.25, -0.2) is 13.8 Å². The minimum absolute atomic E-state index is 0.00234. The lowest BCUT2D eigenvalue weighted by Gasteiger charge is -2.11. The van der Waals surface area contributed by atoms with E-state index in [0.29, 0.717) is 10.6 Å². The number of Topliss-reactive ketones (excluding diaryl/α,β-unsaturated/α-hetero) is 1. The minimum Gasteiger partial charge on any atom is -0.391 e. The van der Waals surface area contributed by atoms with Gasteiger partial charge >= 0.3 is 0 Å². The first-order chi connectivity index (χ1) is 14.8. The summed E-state index contributed by atoms with van der Waals surface area (Å²) in [5.74, 6) is 1.17. The number of rotatable bonds is 6. The Balaban J connectivity index is 1.85. The molecule has 0 saturated carbocycles. The van der Waals surface area contributed by atoms with Gasteiger partial charge in [0.25, 0.3) is 5.91 Å². The van der Waals surface area contributed by atoms with Crippen LogP contribution in [0.2, 0.25) is 5.02 Å². The van der Waals surface area contributed by atoms with Crippen LogP contribution in [0.15, 0.2) is 54.7 Å². The number of amides is 1. The molecule has 0 aliphatic rings. The van der Waals surface area contributed by atoms with Gasteiger partial charge in [-0.2, -0.15) is 5.90 Å². The summed E-state index contributed by atoms with van der Waals surface area (Å²) in [5.41, 5.74) is 0.378. The number of carbonyl (C=O) groups is 2. The third-order valence-corrected chi connectivity index (χ3v) is 4.52. The fourth-order valence-corrected chi connectivity index (χ4v) is 2.84. The largest absolute Gasteiger partial charge is 0.391 e. The highest BCUT2D eigenvalue weighted by Crippen LogP contribution is 2.20. The number of nitrogens with two attached hydrogens (primary N) is 1. The van der Waals surface area contributed by atoms with Crippen molar-refractivity contribution in [1.29, 1.82) is 5.41 Å². The van der Waals surface area contributed by atoms with Gasteiger partial charge in [-0.3, -0.25) is 15.0 Å². The summed E-state index contributed by atoms with van der Waals surface area (Å²) in [7, 11) is 0. The molecular formula is C21H15ClF2N4O3. The highest BCUT2D eigenvalue weighted by Gasteiger charge is 2.19. The number of hydrogen-bond acceptors (Lipinski definition) is 6. The number of benzene rings is 2. The number of halogens is 3. The Morgan fingerprint density at radius 1 is 1.06 bits per heavy atom. The molecule has 1 heterocycles. The fraction of sp³-hybridized carbons (Fsp3) is 0.0476. The molecule has 3 aromatic rings. The Bertz CT molecular complexity index is 1150. The van der Waals surface area contributed by atoms with Crippen LogP contribution in [0.25, 0.3) is 0 Å². The van der Waals surface area contributed by atoms with E-state index in [-0.39, 0.29) is 34.8 Å². The van der Waals surface area contributed by atoms with Crippen LogP contribution in [0.3, 0.4) is 0 Å². The zero-order valence-corrected chi connectivity index (χ0v) is 16.5. The molecule has 0 saturated heterocycles. The quantitative estimate of drug-likeness (QED) is 0.230. The van der Waals surface area contributed by atoms with E-state index < -0.39 is 23.3 Å². The number of hydrogen-bond donors (Lipinski definition) is 3. The predicted octanol–water partition coefficient (Wildman–Crippen LogP) is 3.91. The Hall–Kier alpha value is -3.69. The SMILES string of the molecule is N=C(ON)c1ccc(C(=O)Cc2cc(F)c(F)cc2C(=O)Nc2ccc(Cl)cn2)cc1. The van der Waals surface area contributed by atoms with Crippen LogP contribution in [-0.2, 0) is 11.3 Å². The number of nitrogens with one attached hydrogen (secondary N) is 2. The van der Waals surface area contributed by atoms with Crippen LogP contribution in [0.1, 0.15) is 31.8 Å². The smallest absolute Gasteiger partial charge is 0.257 e. The molecular weight excluding hydrogens is 430 g/mol. The van der Waals surface area contributed by atoms with Crippen molar-refractivity contribution >= 4 is 35.0 Å².